The molecule has 0 spiro atoms. The average molecular weight is 568 g/mol. The molecule has 4 heterocycles. The Morgan fingerprint density at radius 3 is 2.51 bits per heavy atom. The number of fused-ring (bicyclic) bond motifs is 2. The van der Waals surface area contributed by atoms with Gasteiger partial charge in [-0.1, -0.05) is 36.4 Å². The van der Waals surface area contributed by atoms with Gasteiger partial charge in [-0.15, -0.1) is 11.3 Å². The van der Waals surface area contributed by atoms with Crippen molar-refractivity contribution in [2.45, 2.75) is 24.8 Å². The summed E-state index contributed by atoms with van der Waals surface area (Å²) < 4.78 is 31.4. The molecule has 41 heavy (non-hydrogen) atoms. The zero-order valence-electron chi connectivity index (χ0n) is 22.3. The Bertz CT molecular complexity index is 1900. The third-order valence-corrected chi connectivity index (χ3v) is 9.13. The van der Waals surface area contributed by atoms with Crippen molar-refractivity contribution in [3.05, 3.63) is 118 Å². The van der Waals surface area contributed by atoms with Crippen LogP contribution in [0.5, 0.6) is 0 Å². The minimum absolute atomic E-state index is 0.0136. The number of benzene rings is 3. The summed E-state index contributed by atoms with van der Waals surface area (Å²) in [6.07, 6.45) is 3.88. The first-order valence-corrected chi connectivity index (χ1v) is 14.5. The maximum atomic E-state index is 15.2. The highest BCUT2D eigenvalue weighted by molar-refractivity contribution is 7.21. The van der Waals surface area contributed by atoms with Crippen LogP contribution < -0.4 is 5.56 Å². The fraction of sp³-hybridized carbons (Fsp3) is 0.219. The van der Waals surface area contributed by atoms with Gasteiger partial charge in [-0.25, -0.2) is 18.7 Å². The lowest BCUT2D eigenvalue weighted by atomic mass is 9.89. The molecule has 0 amide bonds. The van der Waals surface area contributed by atoms with Crippen LogP contribution in [0.4, 0.5) is 8.78 Å². The SMILES string of the molecule is CN1CCC(c2ccc(-c3nc4ccn(C(c5nc6ccccc6[nH]5)c5cc(F)ccc5F)c(=O)c4s3)cc2)CC1. The van der Waals surface area contributed by atoms with Gasteiger partial charge in [0.25, 0.3) is 5.56 Å². The Morgan fingerprint density at radius 1 is 0.951 bits per heavy atom. The molecule has 3 aromatic heterocycles. The van der Waals surface area contributed by atoms with Crippen molar-refractivity contribution in [2.24, 2.45) is 0 Å². The van der Waals surface area contributed by atoms with Crippen LogP contribution in [0.15, 0.2) is 83.8 Å². The molecule has 0 radical (unpaired) electrons. The second kappa shape index (κ2) is 10.3. The number of likely N-dealkylation sites (tertiary alicyclic amines) is 1. The smallest absolute Gasteiger partial charge is 0.271 e. The molecule has 1 N–H and O–H groups in total. The monoisotopic (exact) mass is 567 g/mol. The highest BCUT2D eigenvalue weighted by Gasteiger charge is 2.26. The van der Waals surface area contributed by atoms with Crippen LogP contribution in [0.3, 0.4) is 0 Å². The van der Waals surface area contributed by atoms with Gasteiger partial charge in [0.15, 0.2) is 0 Å². The fourth-order valence-electron chi connectivity index (χ4n) is 5.76. The Balaban J connectivity index is 1.30. The second-order valence-electron chi connectivity index (χ2n) is 10.7. The van der Waals surface area contributed by atoms with Crippen molar-refractivity contribution in [1.82, 2.24) is 24.4 Å². The van der Waals surface area contributed by atoms with E-state index in [-0.39, 0.29) is 11.1 Å². The molecule has 0 saturated carbocycles. The highest BCUT2D eigenvalue weighted by Crippen LogP contribution is 2.34. The molecular weight excluding hydrogens is 540 g/mol. The van der Waals surface area contributed by atoms with Gasteiger partial charge in [-0.3, -0.25) is 9.36 Å². The van der Waals surface area contributed by atoms with Crippen LogP contribution in [0.25, 0.3) is 31.8 Å². The van der Waals surface area contributed by atoms with E-state index in [1.807, 2.05) is 24.3 Å². The van der Waals surface area contributed by atoms with E-state index in [1.165, 1.54) is 21.5 Å². The number of pyridine rings is 1. The van der Waals surface area contributed by atoms with Gasteiger partial charge >= 0.3 is 0 Å². The van der Waals surface area contributed by atoms with Crippen LogP contribution in [0.1, 0.15) is 41.8 Å². The van der Waals surface area contributed by atoms with Crippen molar-refractivity contribution in [2.75, 3.05) is 20.1 Å². The Hall–Kier alpha value is -4.21. The summed E-state index contributed by atoms with van der Waals surface area (Å²) in [6, 6.07) is 19.9. The third kappa shape index (κ3) is 4.75. The lowest BCUT2D eigenvalue weighted by molar-refractivity contribution is 0.255. The average Bonchev–Trinajstić information content (AvgIpc) is 3.62. The third-order valence-electron chi connectivity index (χ3n) is 8.02. The molecule has 1 atom stereocenters. The van der Waals surface area contributed by atoms with Crippen LogP contribution >= 0.6 is 11.3 Å². The number of rotatable bonds is 5. The Kier molecular flexibility index (Phi) is 6.48. The number of hydrogen-bond donors (Lipinski definition) is 1. The first-order valence-electron chi connectivity index (χ1n) is 13.6. The molecular formula is C32H27F2N5OS. The summed E-state index contributed by atoms with van der Waals surface area (Å²) in [5, 5.41) is 0.738. The zero-order valence-corrected chi connectivity index (χ0v) is 23.2. The molecule has 6 aromatic rings. The quantitative estimate of drug-likeness (QED) is 0.251. The summed E-state index contributed by atoms with van der Waals surface area (Å²) >= 11 is 1.30. The predicted octanol–water partition coefficient (Wildman–Crippen LogP) is 6.73. The van der Waals surface area contributed by atoms with Gasteiger partial charge in [-0.05, 0) is 80.9 Å². The molecule has 0 aliphatic carbocycles. The molecule has 206 valence electrons. The van der Waals surface area contributed by atoms with Crippen molar-refractivity contribution in [1.29, 1.82) is 0 Å². The molecule has 9 heteroatoms. The normalized spacial score (nSPS) is 15.6. The largest absolute Gasteiger partial charge is 0.340 e. The van der Waals surface area contributed by atoms with Gasteiger partial charge in [0.05, 0.1) is 16.6 Å². The summed E-state index contributed by atoms with van der Waals surface area (Å²) in [5.41, 5.74) is 3.91. The number of piperidine rings is 1. The van der Waals surface area contributed by atoms with Crippen molar-refractivity contribution < 1.29 is 8.78 Å². The van der Waals surface area contributed by atoms with Crippen LogP contribution in [0, 0.1) is 11.6 Å². The van der Waals surface area contributed by atoms with Gasteiger partial charge in [0.2, 0.25) is 0 Å². The number of H-pyrrole nitrogens is 1. The second-order valence-corrected chi connectivity index (χ2v) is 11.7. The number of nitrogens with zero attached hydrogens (tertiary/aromatic N) is 4. The van der Waals surface area contributed by atoms with Crippen LogP contribution in [-0.2, 0) is 0 Å². The number of aromatic nitrogens is 4. The van der Waals surface area contributed by atoms with E-state index in [0.29, 0.717) is 27.5 Å². The number of imidazole rings is 1. The number of nitrogens with one attached hydrogen (secondary N) is 1. The van der Waals surface area contributed by atoms with Gasteiger partial charge in [0, 0.05) is 17.3 Å². The molecule has 7 rings (SSSR count). The minimum atomic E-state index is -1.01. The Labute approximate surface area is 238 Å². The van der Waals surface area contributed by atoms with E-state index in [4.69, 9.17) is 4.98 Å². The number of para-hydroxylation sites is 2. The predicted molar refractivity (Wildman–Crippen MR) is 158 cm³/mol. The van der Waals surface area contributed by atoms with E-state index in [0.717, 1.165) is 60.2 Å². The van der Waals surface area contributed by atoms with E-state index < -0.39 is 17.7 Å². The zero-order chi connectivity index (χ0) is 28.1. The maximum Gasteiger partial charge on any atom is 0.271 e. The molecule has 6 nitrogen and oxygen atoms in total. The summed E-state index contributed by atoms with van der Waals surface area (Å²) in [7, 11) is 2.16. The van der Waals surface area contributed by atoms with Crippen LogP contribution in [0.2, 0.25) is 0 Å². The first-order chi connectivity index (χ1) is 19.9. The van der Waals surface area contributed by atoms with Gasteiger partial charge in [-0.2, -0.15) is 0 Å². The van der Waals surface area contributed by atoms with Crippen molar-refractivity contribution in [3.63, 3.8) is 0 Å². The topological polar surface area (TPSA) is 66.8 Å². The standard InChI is InChI=1S/C32H27F2N5OS/c1-38-15-12-20(13-16-38)19-6-8-21(9-7-19)31-37-27-14-17-39(32(40)29(27)41-31)28(23-18-22(33)10-11-24(23)34)30-35-25-4-2-3-5-26(25)36-30/h2-11,14,17-18,20,28H,12-13,15-16H2,1H3,(H,35,36). The van der Waals surface area contributed by atoms with Crippen LogP contribution in [-0.4, -0.2) is 44.6 Å². The lowest BCUT2D eigenvalue weighted by Crippen LogP contribution is -2.29. The van der Waals surface area contributed by atoms with Gasteiger partial charge in [0.1, 0.15) is 33.2 Å². The van der Waals surface area contributed by atoms with E-state index in [9.17, 15) is 9.18 Å². The lowest BCUT2D eigenvalue weighted by Gasteiger charge is -2.29. The maximum absolute atomic E-state index is 15.2. The minimum Gasteiger partial charge on any atom is -0.340 e. The summed E-state index contributed by atoms with van der Waals surface area (Å²) in [4.78, 5) is 28.9. The molecule has 1 unspecified atom stereocenters. The summed E-state index contributed by atoms with van der Waals surface area (Å²) in [6.45, 7) is 2.20. The number of halogens is 2. The van der Waals surface area contributed by atoms with E-state index in [2.05, 4.69) is 46.2 Å². The molecule has 1 saturated heterocycles. The molecule has 3 aromatic carbocycles. The highest BCUT2D eigenvalue weighted by atomic mass is 32.1. The molecule has 0 bridgehead atoms. The number of aromatic amines is 1. The summed E-state index contributed by atoms with van der Waals surface area (Å²) in [5.74, 6) is -0.327. The van der Waals surface area contributed by atoms with Crippen molar-refractivity contribution in [3.8, 4) is 10.6 Å². The van der Waals surface area contributed by atoms with Crippen molar-refractivity contribution >= 4 is 32.6 Å². The van der Waals surface area contributed by atoms with Gasteiger partial charge < -0.3 is 9.88 Å². The van der Waals surface area contributed by atoms with E-state index >= 15 is 4.39 Å². The molecule has 1 aliphatic heterocycles. The first kappa shape index (κ1) is 25.7. The number of thiazole rings is 1. The Morgan fingerprint density at radius 2 is 1.73 bits per heavy atom. The van der Waals surface area contributed by atoms with E-state index in [1.54, 1.807) is 12.3 Å². The fourth-order valence-corrected chi connectivity index (χ4v) is 6.76. The number of hydrogen-bond acceptors (Lipinski definition) is 5. The molecule has 1 fully saturated rings. The molecule has 1 aliphatic rings.